The summed E-state index contributed by atoms with van der Waals surface area (Å²) in [5.74, 6) is -1.82. The third kappa shape index (κ3) is 4.85. The molecule has 162 valence electrons. The number of aliphatic hydroxyl groups is 1. The van der Waals surface area contributed by atoms with Gasteiger partial charge in [0, 0.05) is 28.5 Å². The van der Waals surface area contributed by atoms with Gasteiger partial charge in [-0.25, -0.2) is 9.59 Å². The van der Waals surface area contributed by atoms with E-state index in [1.165, 1.54) is 24.0 Å². The van der Waals surface area contributed by atoms with Crippen molar-refractivity contribution in [3.63, 3.8) is 0 Å². The average molecular weight is 445 g/mol. The van der Waals surface area contributed by atoms with Crippen LogP contribution in [0.5, 0.6) is 0 Å². The molecule has 2 aromatic rings. The van der Waals surface area contributed by atoms with Crippen LogP contribution >= 0.6 is 11.6 Å². The summed E-state index contributed by atoms with van der Waals surface area (Å²) in [7, 11) is 0. The van der Waals surface area contributed by atoms with Crippen molar-refractivity contribution in [3.05, 3.63) is 59.1 Å². The Morgan fingerprint density at radius 2 is 1.63 bits per heavy atom. The molecule has 0 unspecified atom stereocenters. The molecule has 0 spiro atoms. The Morgan fingerprint density at radius 3 is 2.10 bits per heavy atom. The lowest BCUT2D eigenvalue weighted by molar-refractivity contribution is -0.267. The number of benzene rings is 2. The Hall–Kier alpha value is -2.78. The number of nitrogens with zero attached hydrogens (tertiary/aromatic N) is 1. The molecule has 0 radical (unpaired) electrons. The van der Waals surface area contributed by atoms with Gasteiger partial charge in [-0.1, -0.05) is 23.7 Å². The maximum atomic E-state index is 13.5. The minimum atomic E-state index is -5.29. The summed E-state index contributed by atoms with van der Waals surface area (Å²) in [4.78, 5) is 25.7. The van der Waals surface area contributed by atoms with E-state index in [1.807, 2.05) is 0 Å². The van der Waals surface area contributed by atoms with Crippen molar-refractivity contribution in [1.82, 2.24) is 0 Å². The van der Waals surface area contributed by atoms with Gasteiger partial charge in [0.25, 0.3) is 5.60 Å². The molecule has 30 heavy (non-hydrogen) atoms. The summed E-state index contributed by atoms with van der Waals surface area (Å²) in [5, 5.41) is 13.3. The van der Waals surface area contributed by atoms with Gasteiger partial charge in [0.15, 0.2) is 0 Å². The Kier molecular flexibility index (Phi) is 7.33. The highest BCUT2D eigenvalue weighted by atomic mass is 35.5. The number of ether oxygens (including phenoxy) is 1. The summed E-state index contributed by atoms with van der Waals surface area (Å²) in [6.45, 7) is 2.89. The van der Waals surface area contributed by atoms with Gasteiger partial charge in [-0.3, -0.25) is 4.90 Å². The first kappa shape index (κ1) is 23.5. The zero-order valence-electron chi connectivity index (χ0n) is 16.2. The number of esters is 1. The molecule has 10 heteroatoms. The highest BCUT2D eigenvalue weighted by Crippen LogP contribution is 2.40. The molecule has 0 heterocycles. The number of nitrogens with one attached hydrogen (secondary N) is 1. The number of halogens is 4. The van der Waals surface area contributed by atoms with Crippen molar-refractivity contribution in [2.75, 3.05) is 23.4 Å². The maximum Gasteiger partial charge on any atom is 0.432 e. The number of carbonyl (C=O) groups is 2. The maximum absolute atomic E-state index is 13.5. The van der Waals surface area contributed by atoms with Crippen LogP contribution in [-0.4, -0.2) is 36.4 Å². The molecule has 2 aromatic carbocycles. The molecule has 1 atom stereocenters. The molecular formula is C20H20ClF3N2O4. The number of anilines is 2. The van der Waals surface area contributed by atoms with E-state index in [4.69, 9.17) is 11.6 Å². The molecule has 0 fully saturated rings. The molecular weight excluding hydrogens is 425 g/mol. The number of alkyl halides is 3. The Bertz CT molecular complexity index is 888. The number of hydrogen-bond acceptors (Lipinski definition) is 4. The number of amides is 2. The first-order valence-electron chi connectivity index (χ1n) is 8.95. The summed E-state index contributed by atoms with van der Waals surface area (Å²) in [6.07, 6.45) is -5.29. The van der Waals surface area contributed by atoms with Gasteiger partial charge >= 0.3 is 18.2 Å². The van der Waals surface area contributed by atoms with E-state index in [-0.39, 0.29) is 18.8 Å². The average Bonchev–Trinajstić information content (AvgIpc) is 2.69. The first-order chi connectivity index (χ1) is 14.0. The van der Waals surface area contributed by atoms with E-state index in [9.17, 15) is 27.9 Å². The highest BCUT2D eigenvalue weighted by molar-refractivity contribution is 6.30. The quantitative estimate of drug-likeness (QED) is 0.632. The number of hydrogen-bond donors (Lipinski definition) is 2. The fraction of sp³-hybridized carbons (Fsp3) is 0.300. The lowest BCUT2D eigenvalue weighted by Crippen LogP contribution is -2.50. The molecule has 0 aliphatic carbocycles. The van der Waals surface area contributed by atoms with Gasteiger partial charge in [0.1, 0.15) is 0 Å². The van der Waals surface area contributed by atoms with Crippen LogP contribution in [-0.2, 0) is 15.1 Å². The van der Waals surface area contributed by atoms with E-state index in [0.29, 0.717) is 10.7 Å². The minimum Gasteiger partial charge on any atom is -0.463 e. The second-order valence-corrected chi connectivity index (χ2v) is 6.59. The summed E-state index contributed by atoms with van der Waals surface area (Å²) < 4.78 is 44.8. The van der Waals surface area contributed by atoms with E-state index in [0.717, 1.165) is 12.1 Å². The van der Waals surface area contributed by atoms with Crippen molar-refractivity contribution in [2.24, 2.45) is 0 Å². The second-order valence-electron chi connectivity index (χ2n) is 6.16. The van der Waals surface area contributed by atoms with Gasteiger partial charge in [-0.05, 0) is 50.2 Å². The van der Waals surface area contributed by atoms with Gasteiger partial charge in [-0.15, -0.1) is 0 Å². The standard InChI is InChI=1S/C20H20ClF3N2O4/c1-3-26(18(28)25-15-9-7-14(21)8-10-15)16-11-5-13(6-12-16)19(29,20(22,23)24)17(27)30-4-2/h5-12,29H,3-4H2,1-2H3,(H,25,28)/t19-/m0/s1. The predicted octanol–water partition coefficient (Wildman–Crippen LogP) is 4.71. The topological polar surface area (TPSA) is 78.9 Å². The summed E-state index contributed by atoms with van der Waals surface area (Å²) >= 11 is 5.80. The van der Waals surface area contributed by atoms with Gasteiger partial charge in [0.05, 0.1) is 6.61 Å². The largest absolute Gasteiger partial charge is 0.463 e. The van der Waals surface area contributed by atoms with E-state index in [2.05, 4.69) is 10.1 Å². The Morgan fingerprint density at radius 1 is 1.07 bits per heavy atom. The van der Waals surface area contributed by atoms with Gasteiger partial charge in [-0.2, -0.15) is 13.2 Å². The van der Waals surface area contributed by atoms with E-state index in [1.54, 1.807) is 31.2 Å². The molecule has 0 aliphatic heterocycles. The van der Waals surface area contributed by atoms with Crippen LogP contribution in [0.4, 0.5) is 29.3 Å². The summed E-state index contributed by atoms with van der Waals surface area (Å²) in [6, 6.07) is 10.1. The van der Waals surface area contributed by atoms with Crippen molar-refractivity contribution < 1.29 is 32.6 Å². The smallest absolute Gasteiger partial charge is 0.432 e. The predicted molar refractivity (Wildman–Crippen MR) is 107 cm³/mol. The molecule has 2 amide bonds. The number of urea groups is 1. The van der Waals surface area contributed by atoms with Gasteiger partial charge < -0.3 is 15.2 Å². The monoisotopic (exact) mass is 444 g/mol. The third-order valence-electron chi connectivity index (χ3n) is 4.23. The van der Waals surface area contributed by atoms with Crippen LogP contribution in [0.15, 0.2) is 48.5 Å². The molecule has 2 N–H and O–H groups in total. The van der Waals surface area contributed by atoms with Crippen LogP contribution in [0, 0.1) is 0 Å². The van der Waals surface area contributed by atoms with Crippen LogP contribution in [0.2, 0.25) is 5.02 Å². The third-order valence-corrected chi connectivity index (χ3v) is 4.49. The Labute approximate surface area is 176 Å². The first-order valence-corrected chi connectivity index (χ1v) is 9.33. The molecule has 0 aromatic heterocycles. The van der Waals surface area contributed by atoms with Crippen molar-refractivity contribution >= 4 is 35.0 Å². The zero-order chi connectivity index (χ0) is 22.5. The second kappa shape index (κ2) is 9.36. The van der Waals surface area contributed by atoms with Crippen LogP contribution in [0.3, 0.4) is 0 Å². The molecule has 0 aliphatic rings. The molecule has 2 rings (SSSR count). The minimum absolute atomic E-state index is 0.209. The van der Waals surface area contributed by atoms with E-state index < -0.39 is 29.3 Å². The lowest BCUT2D eigenvalue weighted by Gasteiger charge is -2.29. The van der Waals surface area contributed by atoms with Gasteiger partial charge in [0.2, 0.25) is 0 Å². The SMILES string of the molecule is CCOC(=O)[C@@](O)(c1ccc(N(CC)C(=O)Nc2ccc(Cl)cc2)cc1)C(F)(F)F. The highest BCUT2D eigenvalue weighted by Gasteiger charge is 2.62. The van der Waals surface area contributed by atoms with Crippen molar-refractivity contribution in [3.8, 4) is 0 Å². The van der Waals surface area contributed by atoms with Crippen LogP contribution in [0.25, 0.3) is 0 Å². The number of rotatable bonds is 6. The van der Waals surface area contributed by atoms with Crippen LogP contribution < -0.4 is 10.2 Å². The fourth-order valence-corrected chi connectivity index (χ4v) is 2.81. The molecule has 0 saturated carbocycles. The lowest BCUT2D eigenvalue weighted by atomic mass is 9.93. The Balaban J connectivity index is 2.29. The normalized spacial score (nSPS) is 13.3. The zero-order valence-corrected chi connectivity index (χ0v) is 16.9. The molecule has 0 bridgehead atoms. The van der Waals surface area contributed by atoms with E-state index >= 15 is 0 Å². The number of carbonyl (C=O) groups excluding carboxylic acids is 2. The van der Waals surface area contributed by atoms with Crippen molar-refractivity contribution in [1.29, 1.82) is 0 Å². The van der Waals surface area contributed by atoms with Crippen LogP contribution in [0.1, 0.15) is 19.4 Å². The fourth-order valence-electron chi connectivity index (χ4n) is 2.68. The van der Waals surface area contributed by atoms with Crippen molar-refractivity contribution in [2.45, 2.75) is 25.6 Å². The molecule has 0 saturated heterocycles. The summed E-state index contributed by atoms with van der Waals surface area (Å²) in [5.41, 5.74) is -3.79. The molecule has 6 nitrogen and oxygen atoms in total.